The van der Waals surface area contributed by atoms with Gasteiger partial charge in [-0.1, -0.05) is 23.3 Å². The van der Waals surface area contributed by atoms with Crippen LogP contribution in [0.2, 0.25) is 0 Å². The fraction of sp³-hybridized carbons (Fsp3) is 0.0909. The topological polar surface area (TPSA) is 25.8 Å². The van der Waals surface area contributed by atoms with Crippen LogP contribution in [0.4, 0.5) is 0 Å². The van der Waals surface area contributed by atoms with Crippen molar-refractivity contribution in [2.45, 2.75) is 13.8 Å². The Hall–Kier alpha value is -3.00. The number of nitrogens with zero attached hydrogens (tertiary/aromatic N) is 2. The van der Waals surface area contributed by atoms with Crippen molar-refractivity contribution in [2.75, 3.05) is 0 Å². The van der Waals surface area contributed by atoms with Gasteiger partial charge in [-0.05, 0) is 62.4 Å². The second kappa shape index (κ2) is 4.75. The maximum atomic E-state index is 4.84. The van der Waals surface area contributed by atoms with Crippen LogP contribution in [0.25, 0.3) is 43.6 Å². The highest BCUT2D eigenvalue weighted by Gasteiger charge is 2.07. The molecule has 2 heterocycles. The maximum Gasteiger partial charge on any atom is 0.0717 e. The largest absolute Gasteiger partial charge is 0.248 e. The number of benzene rings is 3. The average molecular weight is 308 g/mol. The molecule has 0 saturated heterocycles. The predicted molar refractivity (Wildman–Crippen MR) is 102 cm³/mol. The highest BCUT2D eigenvalue weighted by molar-refractivity contribution is 6.11. The Balaban J connectivity index is 1.96. The van der Waals surface area contributed by atoms with Crippen molar-refractivity contribution in [2.24, 2.45) is 0 Å². The van der Waals surface area contributed by atoms with Gasteiger partial charge in [0.25, 0.3) is 0 Å². The Bertz CT molecular complexity index is 1170. The van der Waals surface area contributed by atoms with Crippen molar-refractivity contribution in [1.29, 1.82) is 0 Å². The van der Waals surface area contributed by atoms with E-state index >= 15 is 0 Å². The van der Waals surface area contributed by atoms with E-state index in [1.807, 2.05) is 0 Å². The molecule has 3 aromatic carbocycles. The van der Waals surface area contributed by atoms with Gasteiger partial charge in [-0.2, -0.15) is 0 Å². The van der Waals surface area contributed by atoms with Crippen LogP contribution in [0.15, 0.2) is 60.7 Å². The zero-order valence-electron chi connectivity index (χ0n) is 13.7. The summed E-state index contributed by atoms with van der Waals surface area (Å²) in [5, 5.41) is 4.70. The number of fused-ring (bicyclic) bond motifs is 5. The van der Waals surface area contributed by atoms with Gasteiger partial charge < -0.3 is 0 Å². The number of aryl methyl sites for hydroxylation is 2. The summed E-state index contributed by atoms with van der Waals surface area (Å²) < 4.78 is 0. The minimum absolute atomic E-state index is 1.02. The first kappa shape index (κ1) is 13.4. The number of aromatic nitrogens is 2. The van der Waals surface area contributed by atoms with Crippen LogP contribution in [0.3, 0.4) is 0 Å². The van der Waals surface area contributed by atoms with Crippen LogP contribution in [0.5, 0.6) is 0 Å². The lowest BCUT2D eigenvalue weighted by atomic mass is 10.0. The first-order valence-electron chi connectivity index (χ1n) is 8.19. The first-order valence-corrected chi connectivity index (χ1v) is 8.19. The predicted octanol–water partition coefficient (Wildman–Crippen LogP) is 5.71. The minimum Gasteiger partial charge on any atom is -0.248 e. The van der Waals surface area contributed by atoms with Crippen molar-refractivity contribution in [3.05, 3.63) is 71.8 Å². The molecule has 0 unspecified atom stereocenters. The molecule has 0 amide bonds. The summed E-state index contributed by atoms with van der Waals surface area (Å²) in [4.78, 5) is 9.68. The minimum atomic E-state index is 1.02. The van der Waals surface area contributed by atoms with Gasteiger partial charge >= 0.3 is 0 Å². The molecule has 0 fully saturated rings. The van der Waals surface area contributed by atoms with Crippen LogP contribution >= 0.6 is 0 Å². The second-order valence-electron chi connectivity index (χ2n) is 6.57. The Labute approximate surface area is 139 Å². The van der Waals surface area contributed by atoms with Crippen LogP contribution in [-0.2, 0) is 0 Å². The van der Waals surface area contributed by atoms with Gasteiger partial charge in [-0.25, -0.2) is 9.97 Å². The fourth-order valence-electron chi connectivity index (χ4n) is 3.47. The lowest BCUT2D eigenvalue weighted by molar-refractivity contribution is 1.44. The summed E-state index contributed by atoms with van der Waals surface area (Å²) in [6.45, 7) is 4.23. The third kappa shape index (κ3) is 1.96. The summed E-state index contributed by atoms with van der Waals surface area (Å²) in [5.74, 6) is 0. The van der Waals surface area contributed by atoms with Crippen molar-refractivity contribution in [1.82, 2.24) is 9.97 Å². The standard InChI is InChI=1S/C22H16N2/c1-13-3-5-19-15(9-13)11-17-18-12-16-10-14(2)4-6-20(16)24-22(18)8-7-21(17)23-19/h3-12H,1-2H3. The smallest absolute Gasteiger partial charge is 0.0717 e. The molecule has 2 aromatic heterocycles. The zero-order valence-corrected chi connectivity index (χ0v) is 13.7. The molecule has 0 spiro atoms. The molecule has 5 rings (SSSR count). The van der Waals surface area contributed by atoms with Gasteiger partial charge in [0.1, 0.15) is 0 Å². The normalized spacial score (nSPS) is 11.8. The van der Waals surface area contributed by atoms with E-state index in [-0.39, 0.29) is 0 Å². The Morgan fingerprint density at radius 3 is 1.38 bits per heavy atom. The van der Waals surface area contributed by atoms with E-state index < -0.39 is 0 Å². The molecule has 0 atom stereocenters. The van der Waals surface area contributed by atoms with E-state index in [2.05, 4.69) is 74.5 Å². The molecular formula is C22H16N2. The molecule has 0 N–H and O–H groups in total. The van der Waals surface area contributed by atoms with Crippen molar-refractivity contribution in [3.8, 4) is 0 Å². The molecule has 0 aliphatic rings. The van der Waals surface area contributed by atoms with Crippen molar-refractivity contribution >= 4 is 43.6 Å². The Morgan fingerprint density at radius 1 is 0.500 bits per heavy atom. The molecule has 5 aromatic rings. The Morgan fingerprint density at radius 2 is 0.917 bits per heavy atom. The van der Waals surface area contributed by atoms with Crippen LogP contribution in [0, 0.1) is 13.8 Å². The van der Waals surface area contributed by atoms with Crippen molar-refractivity contribution < 1.29 is 0 Å². The summed E-state index contributed by atoms with van der Waals surface area (Å²) in [7, 11) is 0. The van der Waals surface area contributed by atoms with Crippen LogP contribution in [0.1, 0.15) is 11.1 Å². The number of pyridine rings is 2. The molecule has 0 aliphatic carbocycles. The zero-order chi connectivity index (χ0) is 16.3. The van der Waals surface area contributed by atoms with E-state index in [0.717, 1.165) is 22.1 Å². The fourth-order valence-corrected chi connectivity index (χ4v) is 3.47. The molecule has 0 aliphatic heterocycles. The van der Waals surface area contributed by atoms with Gasteiger partial charge in [0.2, 0.25) is 0 Å². The number of hydrogen-bond acceptors (Lipinski definition) is 2. The molecule has 2 heteroatoms. The van der Waals surface area contributed by atoms with E-state index in [9.17, 15) is 0 Å². The lowest BCUT2D eigenvalue weighted by Gasteiger charge is -2.08. The number of rotatable bonds is 0. The lowest BCUT2D eigenvalue weighted by Crippen LogP contribution is -1.88. The van der Waals surface area contributed by atoms with E-state index in [4.69, 9.17) is 9.97 Å². The van der Waals surface area contributed by atoms with Crippen molar-refractivity contribution in [3.63, 3.8) is 0 Å². The van der Waals surface area contributed by atoms with E-state index in [1.54, 1.807) is 0 Å². The molecule has 0 radical (unpaired) electrons. The van der Waals surface area contributed by atoms with Gasteiger partial charge in [-0.3, -0.25) is 0 Å². The monoisotopic (exact) mass is 308 g/mol. The molecule has 2 nitrogen and oxygen atoms in total. The van der Waals surface area contributed by atoms with E-state index in [1.165, 1.54) is 32.7 Å². The summed E-state index contributed by atoms with van der Waals surface area (Å²) in [5.41, 5.74) is 6.63. The molecule has 0 bridgehead atoms. The van der Waals surface area contributed by atoms with Gasteiger partial charge in [0.15, 0.2) is 0 Å². The summed E-state index contributed by atoms with van der Waals surface area (Å²) in [6.07, 6.45) is 0. The molecular weight excluding hydrogens is 292 g/mol. The average Bonchev–Trinajstić information content (AvgIpc) is 2.58. The van der Waals surface area contributed by atoms with Gasteiger partial charge in [0, 0.05) is 21.5 Å². The maximum absolute atomic E-state index is 4.84. The highest BCUT2D eigenvalue weighted by Crippen LogP contribution is 2.29. The first-order chi connectivity index (χ1) is 11.7. The van der Waals surface area contributed by atoms with Gasteiger partial charge in [-0.15, -0.1) is 0 Å². The van der Waals surface area contributed by atoms with Crippen LogP contribution in [-0.4, -0.2) is 9.97 Å². The number of hydrogen-bond donors (Lipinski definition) is 0. The quantitative estimate of drug-likeness (QED) is 0.270. The Kier molecular flexibility index (Phi) is 2.66. The highest BCUT2D eigenvalue weighted by atomic mass is 14.7. The molecule has 24 heavy (non-hydrogen) atoms. The summed E-state index contributed by atoms with van der Waals surface area (Å²) >= 11 is 0. The third-order valence-electron chi connectivity index (χ3n) is 4.69. The van der Waals surface area contributed by atoms with Crippen LogP contribution < -0.4 is 0 Å². The second-order valence-corrected chi connectivity index (χ2v) is 6.57. The van der Waals surface area contributed by atoms with Gasteiger partial charge in [0.05, 0.1) is 22.1 Å². The summed E-state index contributed by atoms with van der Waals surface area (Å²) in [6, 6.07) is 21.4. The molecule has 0 saturated carbocycles. The SMILES string of the molecule is Cc1ccc2nc3ccc4nc5ccc(C)cc5cc4c3cc2c1. The third-order valence-corrected chi connectivity index (χ3v) is 4.69. The molecule has 114 valence electrons. The van der Waals surface area contributed by atoms with E-state index in [0.29, 0.717) is 0 Å².